The highest BCUT2D eigenvalue weighted by Gasteiger charge is 2.18. The fourth-order valence-corrected chi connectivity index (χ4v) is 1.42. The predicted molar refractivity (Wildman–Crippen MR) is 59.8 cm³/mol. The molecule has 1 aliphatic heterocycles. The number of hydrogen-bond donors (Lipinski definition) is 2. The van der Waals surface area contributed by atoms with E-state index in [9.17, 15) is 4.79 Å². The Bertz CT molecular complexity index is 434. The first-order chi connectivity index (χ1) is 7.77. The molecule has 84 valence electrons. The molecule has 0 radical (unpaired) electrons. The normalized spacial score (nSPS) is 17.6. The zero-order chi connectivity index (χ0) is 11.4. The van der Waals surface area contributed by atoms with Gasteiger partial charge in [-0.05, 0) is 6.07 Å². The first-order valence-corrected chi connectivity index (χ1v) is 5.10. The molecule has 0 saturated carbocycles. The summed E-state index contributed by atoms with van der Waals surface area (Å²) in [6.07, 6.45) is 0. The van der Waals surface area contributed by atoms with E-state index in [1.54, 1.807) is 6.07 Å². The molecule has 5 nitrogen and oxygen atoms in total. The molecule has 1 aromatic rings. The molecule has 16 heavy (non-hydrogen) atoms. The maximum atomic E-state index is 11.1. The zero-order valence-electron chi connectivity index (χ0n) is 8.37. The standard InChI is InChI=1S/C10H10ClN3O2/c11-8-4-2-1-3-7(8)6-16-14-9-5-12-13-10(9)15/h1-4,12H,5-6H2,(H,13,15). The van der Waals surface area contributed by atoms with E-state index in [-0.39, 0.29) is 12.5 Å². The minimum Gasteiger partial charge on any atom is -0.390 e. The molecule has 0 unspecified atom stereocenters. The molecule has 0 aromatic heterocycles. The second-order valence-electron chi connectivity index (χ2n) is 3.21. The Morgan fingerprint density at radius 2 is 2.25 bits per heavy atom. The molecular weight excluding hydrogens is 230 g/mol. The Hall–Kier alpha value is -1.59. The topological polar surface area (TPSA) is 62.7 Å². The van der Waals surface area contributed by atoms with Gasteiger partial charge in [-0.1, -0.05) is 35.0 Å². The van der Waals surface area contributed by atoms with Crippen LogP contribution in [0.1, 0.15) is 5.56 Å². The summed E-state index contributed by atoms with van der Waals surface area (Å²) in [6, 6.07) is 7.32. The number of rotatable bonds is 3. The van der Waals surface area contributed by atoms with Crippen LogP contribution in [0.2, 0.25) is 5.02 Å². The summed E-state index contributed by atoms with van der Waals surface area (Å²) in [5.74, 6) is -0.265. The molecule has 1 heterocycles. The van der Waals surface area contributed by atoms with Gasteiger partial charge in [-0.25, -0.2) is 5.43 Å². The summed E-state index contributed by atoms with van der Waals surface area (Å²) in [4.78, 5) is 16.1. The van der Waals surface area contributed by atoms with Gasteiger partial charge in [0.2, 0.25) is 0 Å². The van der Waals surface area contributed by atoms with Gasteiger partial charge in [0.1, 0.15) is 6.61 Å². The van der Waals surface area contributed by atoms with Crippen LogP contribution in [-0.4, -0.2) is 18.2 Å². The largest absolute Gasteiger partial charge is 0.390 e. The van der Waals surface area contributed by atoms with Crippen molar-refractivity contribution in [3.63, 3.8) is 0 Å². The second-order valence-corrected chi connectivity index (χ2v) is 3.62. The third-order valence-corrected chi connectivity index (χ3v) is 2.44. The van der Waals surface area contributed by atoms with E-state index in [2.05, 4.69) is 16.0 Å². The molecular formula is C10H10ClN3O2. The van der Waals surface area contributed by atoms with E-state index in [4.69, 9.17) is 16.4 Å². The van der Waals surface area contributed by atoms with E-state index in [0.717, 1.165) is 5.56 Å². The monoisotopic (exact) mass is 239 g/mol. The van der Waals surface area contributed by atoms with E-state index in [1.807, 2.05) is 18.2 Å². The van der Waals surface area contributed by atoms with Crippen LogP contribution in [0.25, 0.3) is 0 Å². The van der Waals surface area contributed by atoms with Crippen molar-refractivity contribution in [3.05, 3.63) is 34.9 Å². The zero-order valence-corrected chi connectivity index (χ0v) is 9.12. The number of nitrogens with zero attached hydrogens (tertiary/aromatic N) is 1. The smallest absolute Gasteiger partial charge is 0.284 e. The van der Waals surface area contributed by atoms with Gasteiger partial charge in [-0.15, -0.1) is 0 Å². The molecule has 2 N–H and O–H groups in total. The van der Waals surface area contributed by atoms with Gasteiger partial charge in [0.05, 0.1) is 6.54 Å². The number of nitrogens with one attached hydrogen (secondary N) is 2. The van der Waals surface area contributed by atoms with Crippen molar-refractivity contribution in [2.75, 3.05) is 6.54 Å². The number of carbonyl (C=O) groups excluding carboxylic acids is 1. The molecule has 0 spiro atoms. The van der Waals surface area contributed by atoms with E-state index in [1.165, 1.54) is 0 Å². The van der Waals surface area contributed by atoms with Gasteiger partial charge < -0.3 is 4.84 Å². The summed E-state index contributed by atoms with van der Waals surface area (Å²) < 4.78 is 0. The van der Waals surface area contributed by atoms with Crippen molar-refractivity contribution in [1.82, 2.24) is 10.9 Å². The number of hydrogen-bond acceptors (Lipinski definition) is 4. The molecule has 2 rings (SSSR count). The van der Waals surface area contributed by atoms with Crippen molar-refractivity contribution in [2.24, 2.45) is 5.16 Å². The van der Waals surface area contributed by atoms with Crippen LogP contribution in [0, 0.1) is 0 Å². The van der Waals surface area contributed by atoms with Crippen molar-refractivity contribution in [1.29, 1.82) is 0 Å². The van der Waals surface area contributed by atoms with Gasteiger partial charge in [0, 0.05) is 10.6 Å². The van der Waals surface area contributed by atoms with Crippen molar-refractivity contribution in [3.8, 4) is 0 Å². The highest BCUT2D eigenvalue weighted by atomic mass is 35.5. The summed E-state index contributed by atoms with van der Waals surface area (Å²) in [7, 11) is 0. The average molecular weight is 240 g/mol. The SMILES string of the molecule is O=C1NNCC1=NOCc1ccccc1Cl. The number of amides is 1. The Balaban J connectivity index is 1.93. The summed E-state index contributed by atoms with van der Waals surface area (Å²) in [5, 5.41) is 4.35. The quantitative estimate of drug-likeness (QED) is 0.769. The summed E-state index contributed by atoms with van der Waals surface area (Å²) in [6.45, 7) is 0.609. The lowest BCUT2D eigenvalue weighted by molar-refractivity contribution is -0.114. The van der Waals surface area contributed by atoms with Crippen LogP contribution >= 0.6 is 11.6 Å². The summed E-state index contributed by atoms with van der Waals surface area (Å²) in [5.41, 5.74) is 6.21. The van der Waals surface area contributed by atoms with Gasteiger partial charge >= 0.3 is 0 Å². The van der Waals surface area contributed by atoms with E-state index >= 15 is 0 Å². The van der Waals surface area contributed by atoms with Crippen LogP contribution in [-0.2, 0) is 16.2 Å². The van der Waals surface area contributed by atoms with Gasteiger partial charge in [-0.3, -0.25) is 10.2 Å². The molecule has 1 aliphatic rings. The molecule has 0 atom stereocenters. The van der Waals surface area contributed by atoms with Crippen LogP contribution in [0.5, 0.6) is 0 Å². The maximum absolute atomic E-state index is 11.1. The Morgan fingerprint density at radius 3 is 2.94 bits per heavy atom. The number of halogens is 1. The Kier molecular flexibility index (Phi) is 3.38. The van der Waals surface area contributed by atoms with Crippen LogP contribution in [0.4, 0.5) is 0 Å². The minimum absolute atomic E-state index is 0.246. The van der Waals surface area contributed by atoms with Crippen molar-refractivity contribution in [2.45, 2.75) is 6.61 Å². The number of oxime groups is 1. The molecule has 1 saturated heterocycles. The molecule has 1 aromatic carbocycles. The minimum atomic E-state index is -0.265. The highest BCUT2D eigenvalue weighted by molar-refractivity contribution is 6.41. The first kappa shape index (κ1) is 10.9. The maximum Gasteiger partial charge on any atom is 0.284 e. The Morgan fingerprint density at radius 1 is 1.44 bits per heavy atom. The first-order valence-electron chi connectivity index (χ1n) is 4.73. The molecule has 6 heteroatoms. The lowest BCUT2D eigenvalue weighted by atomic mass is 10.2. The average Bonchev–Trinajstić information content (AvgIpc) is 2.67. The van der Waals surface area contributed by atoms with E-state index in [0.29, 0.717) is 17.3 Å². The lowest BCUT2D eigenvalue weighted by Crippen LogP contribution is -2.26. The van der Waals surface area contributed by atoms with Gasteiger partial charge in [0.25, 0.3) is 5.91 Å². The fraction of sp³-hybridized carbons (Fsp3) is 0.200. The van der Waals surface area contributed by atoms with Crippen molar-refractivity contribution < 1.29 is 9.63 Å². The Labute approximate surface area is 97.4 Å². The number of hydrazine groups is 1. The van der Waals surface area contributed by atoms with Crippen molar-refractivity contribution >= 4 is 23.2 Å². The summed E-state index contributed by atoms with van der Waals surface area (Å²) >= 11 is 5.93. The molecule has 0 bridgehead atoms. The lowest BCUT2D eigenvalue weighted by Gasteiger charge is -2.02. The van der Waals surface area contributed by atoms with Crippen LogP contribution < -0.4 is 10.9 Å². The molecule has 1 fully saturated rings. The van der Waals surface area contributed by atoms with Crippen LogP contribution in [0.3, 0.4) is 0 Å². The highest BCUT2D eigenvalue weighted by Crippen LogP contribution is 2.15. The van der Waals surface area contributed by atoms with Gasteiger partial charge in [0.15, 0.2) is 5.71 Å². The number of benzene rings is 1. The predicted octanol–water partition coefficient (Wildman–Crippen LogP) is 0.847. The van der Waals surface area contributed by atoms with Crippen LogP contribution in [0.15, 0.2) is 29.4 Å². The number of carbonyl (C=O) groups is 1. The van der Waals surface area contributed by atoms with E-state index < -0.39 is 0 Å². The molecule has 1 amide bonds. The molecule has 0 aliphatic carbocycles. The fourth-order valence-electron chi connectivity index (χ4n) is 1.23. The third kappa shape index (κ3) is 2.50. The van der Waals surface area contributed by atoms with Gasteiger partial charge in [-0.2, -0.15) is 0 Å². The second kappa shape index (κ2) is 4.96. The third-order valence-electron chi connectivity index (χ3n) is 2.07.